The van der Waals surface area contributed by atoms with E-state index < -0.39 is 11.2 Å². The summed E-state index contributed by atoms with van der Waals surface area (Å²) in [5.41, 5.74) is 0.732. The van der Waals surface area contributed by atoms with E-state index in [1.165, 1.54) is 6.20 Å². The van der Waals surface area contributed by atoms with Crippen LogP contribution in [-0.4, -0.2) is 25.0 Å². The number of aromatic amines is 1. The number of hydrogen-bond acceptors (Lipinski definition) is 4. The summed E-state index contributed by atoms with van der Waals surface area (Å²) in [6, 6.07) is 7.47. The van der Waals surface area contributed by atoms with Crippen LogP contribution in [0.25, 0.3) is 5.69 Å². The van der Waals surface area contributed by atoms with E-state index >= 15 is 0 Å². The van der Waals surface area contributed by atoms with Crippen molar-refractivity contribution in [1.29, 1.82) is 0 Å². The highest BCUT2D eigenvalue weighted by atomic mass is 79.9. The van der Waals surface area contributed by atoms with Gasteiger partial charge in [-0.25, -0.2) is 9.78 Å². The van der Waals surface area contributed by atoms with E-state index in [4.69, 9.17) is 0 Å². The lowest BCUT2D eigenvalue weighted by atomic mass is 10.1. The van der Waals surface area contributed by atoms with Crippen molar-refractivity contribution in [1.82, 2.24) is 24.4 Å². The van der Waals surface area contributed by atoms with Gasteiger partial charge in [-0.2, -0.15) is 0 Å². The van der Waals surface area contributed by atoms with Gasteiger partial charge >= 0.3 is 5.69 Å². The first-order valence-electron chi connectivity index (χ1n) is 7.81. The number of hydrogen-bond donors (Lipinski definition) is 2. The number of benzene rings is 1. The smallest absolute Gasteiger partial charge is 0.328 e. The van der Waals surface area contributed by atoms with Gasteiger partial charge in [0.05, 0.1) is 16.8 Å². The molecule has 2 N–H and O–H groups in total. The Balaban J connectivity index is 1.67. The van der Waals surface area contributed by atoms with E-state index in [1.807, 2.05) is 42.0 Å². The molecule has 0 saturated heterocycles. The third kappa shape index (κ3) is 3.99. The molecule has 134 valence electrons. The molecule has 0 aliphatic carbocycles. The zero-order valence-corrected chi connectivity index (χ0v) is 15.4. The minimum atomic E-state index is -0.634. The molecule has 0 spiro atoms. The second kappa shape index (κ2) is 7.52. The van der Waals surface area contributed by atoms with Gasteiger partial charge in [0.25, 0.3) is 5.56 Å². The molecule has 0 saturated carbocycles. The van der Waals surface area contributed by atoms with Crippen molar-refractivity contribution in [2.45, 2.75) is 19.5 Å². The van der Waals surface area contributed by atoms with E-state index in [0.717, 1.165) is 15.8 Å². The van der Waals surface area contributed by atoms with Crippen LogP contribution in [0.15, 0.2) is 63.2 Å². The maximum atomic E-state index is 12.2. The van der Waals surface area contributed by atoms with Crippen molar-refractivity contribution in [3.05, 3.63) is 80.1 Å². The van der Waals surface area contributed by atoms with Crippen molar-refractivity contribution < 1.29 is 4.79 Å². The summed E-state index contributed by atoms with van der Waals surface area (Å²) in [7, 11) is 0. The highest BCUT2D eigenvalue weighted by Gasteiger charge is 2.12. The molecule has 3 rings (SSSR count). The predicted octanol–water partition coefficient (Wildman–Crippen LogP) is 1.36. The van der Waals surface area contributed by atoms with Gasteiger partial charge in [-0.15, -0.1) is 0 Å². The fourth-order valence-electron chi connectivity index (χ4n) is 2.47. The van der Waals surface area contributed by atoms with Crippen molar-refractivity contribution in [2.75, 3.05) is 0 Å². The summed E-state index contributed by atoms with van der Waals surface area (Å²) in [6.07, 6.45) is 6.56. The zero-order chi connectivity index (χ0) is 18.7. The van der Waals surface area contributed by atoms with Crippen LogP contribution < -0.4 is 16.6 Å². The molecular formula is C17H16BrN5O3. The maximum absolute atomic E-state index is 12.2. The molecule has 0 unspecified atom stereocenters. The SMILES string of the molecule is C[C@@H](NC(=O)Cn1cc(Br)c(=O)[nH]c1=O)c1ccc(-n2ccnc2)cc1. The number of halogens is 1. The van der Waals surface area contributed by atoms with Crippen LogP contribution in [0.1, 0.15) is 18.5 Å². The first-order chi connectivity index (χ1) is 12.4. The van der Waals surface area contributed by atoms with Gasteiger partial charge in [0.1, 0.15) is 6.54 Å². The minimum Gasteiger partial charge on any atom is -0.348 e. The molecule has 2 heterocycles. The minimum absolute atomic E-state index is 0.188. The quantitative estimate of drug-likeness (QED) is 0.654. The number of rotatable bonds is 5. The highest BCUT2D eigenvalue weighted by Crippen LogP contribution is 2.15. The Hall–Kier alpha value is -2.94. The lowest BCUT2D eigenvalue weighted by molar-refractivity contribution is -0.122. The van der Waals surface area contributed by atoms with Crippen molar-refractivity contribution in [3.63, 3.8) is 0 Å². The largest absolute Gasteiger partial charge is 0.348 e. The first kappa shape index (κ1) is 17.9. The van der Waals surface area contributed by atoms with Crippen molar-refractivity contribution >= 4 is 21.8 Å². The molecular weight excluding hydrogens is 402 g/mol. The standard InChI is InChI=1S/C17H16BrN5O3/c1-11(12-2-4-13(5-3-12)22-7-6-19-10-22)20-15(24)9-23-8-14(18)16(25)21-17(23)26/h2-8,10-11H,9H2,1H3,(H,20,24)(H,21,25,26)/t11-/m1/s1. The first-order valence-corrected chi connectivity index (χ1v) is 8.60. The molecule has 0 fully saturated rings. The number of nitrogens with zero attached hydrogens (tertiary/aromatic N) is 3. The molecule has 3 aromatic rings. The Morgan fingerprint density at radius 1 is 1.31 bits per heavy atom. The third-order valence-corrected chi connectivity index (χ3v) is 4.42. The van der Waals surface area contributed by atoms with Gasteiger partial charge in [0, 0.05) is 24.3 Å². The summed E-state index contributed by atoms with van der Waals surface area (Å²) in [6.45, 7) is 1.67. The third-order valence-electron chi connectivity index (χ3n) is 3.85. The van der Waals surface area contributed by atoms with Gasteiger partial charge in [0.2, 0.25) is 5.91 Å². The van der Waals surface area contributed by atoms with Gasteiger partial charge in [-0.05, 0) is 40.5 Å². The Morgan fingerprint density at radius 2 is 2.04 bits per heavy atom. The van der Waals surface area contributed by atoms with Crippen LogP contribution in [0.2, 0.25) is 0 Å². The summed E-state index contributed by atoms with van der Waals surface area (Å²) in [5, 5.41) is 2.84. The lowest BCUT2D eigenvalue weighted by Crippen LogP contribution is -2.36. The van der Waals surface area contributed by atoms with Crippen LogP contribution in [-0.2, 0) is 11.3 Å². The average molecular weight is 418 g/mol. The molecule has 9 heteroatoms. The van der Waals surface area contributed by atoms with E-state index in [2.05, 4.69) is 31.2 Å². The zero-order valence-electron chi connectivity index (χ0n) is 13.8. The molecule has 0 aliphatic heterocycles. The average Bonchev–Trinajstić information content (AvgIpc) is 3.14. The second-order valence-electron chi connectivity index (χ2n) is 5.71. The summed E-state index contributed by atoms with van der Waals surface area (Å²) in [5.74, 6) is -0.336. The van der Waals surface area contributed by atoms with Crippen LogP contribution in [0.4, 0.5) is 0 Å². The number of imidazole rings is 1. The molecule has 1 amide bonds. The number of H-pyrrole nitrogens is 1. The Morgan fingerprint density at radius 3 is 2.69 bits per heavy atom. The van der Waals surface area contributed by atoms with Gasteiger partial charge in [-0.3, -0.25) is 19.1 Å². The van der Waals surface area contributed by atoms with Crippen LogP contribution in [0.3, 0.4) is 0 Å². The van der Waals surface area contributed by atoms with E-state index in [-0.39, 0.29) is 23.0 Å². The Labute approximate surface area is 156 Å². The van der Waals surface area contributed by atoms with Gasteiger partial charge in [0.15, 0.2) is 0 Å². The summed E-state index contributed by atoms with van der Waals surface area (Å²) < 4.78 is 3.21. The topological polar surface area (TPSA) is 102 Å². The van der Waals surface area contributed by atoms with E-state index in [0.29, 0.717) is 0 Å². The van der Waals surface area contributed by atoms with E-state index in [1.54, 1.807) is 12.5 Å². The number of aromatic nitrogens is 4. The number of carbonyl (C=O) groups excluding carboxylic acids is 1. The molecule has 26 heavy (non-hydrogen) atoms. The summed E-state index contributed by atoms with van der Waals surface area (Å²) >= 11 is 3.04. The molecule has 0 bridgehead atoms. The van der Waals surface area contributed by atoms with E-state index in [9.17, 15) is 14.4 Å². The normalized spacial score (nSPS) is 11.9. The Kier molecular flexibility index (Phi) is 5.17. The van der Waals surface area contributed by atoms with Crippen LogP contribution in [0.5, 0.6) is 0 Å². The fraction of sp³-hybridized carbons (Fsp3) is 0.176. The van der Waals surface area contributed by atoms with Crippen molar-refractivity contribution in [3.8, 4) is 5.69 Å². The molecule has 0 radical (unpaired) electrons. The molecule has 8 nitrogen and oxygen atoms in total. The van der Waals surface area contributed by atoms with Crippen LogP contribution >= 0.6 is 15.9 Å². The maximum Gasteiger partial charge on any atom is 0.328 e. The lowest BCUT2D eigenvalue weighted by Gasteiger charge is -2.15. The number of amides is 1. The molecule has 1 atom stereocenters. The molecule has 0 aliphatic rings. The fourth-order valence-corrected chi connectivity index (χ4v) is 2.82. The predicted molar refractivity (Wildman–Crippen MR) is 99.1 cm³/mol. The molecule has 2 aromatic heterocycles. The number of nitrogens with one attached hydrogen (secondary N) is 2. The molecule has 1 aromatic carbocycles. The monoisotopic (exact) mass is 417 g/mol. The van der Waals surface area contributed by atoms with Gasteiger partial charge in [-0.1, -0.05) is 12.1 Å². The summed E-state index contributed by atoms with van der Waals surface area (Å²) in [4.78, 5) is 41.4. The van der Waals surface area contributed by atoms with Crippen LogP contribution in [0, 0.1) is 0 Å². The number of carbonyl (C=O) groups is 1. The highest BCUT2D eigenvalue weighted by molar-refractivity contribution is 9.10. The second-order valence-corrected chi connectivity index (χ2v) is 6.57. The Bertz CT molecular complexity index is 1020. The van der Waals surface area contributed by atoms with Crippen molar-refractivity contribution in [2.24, 2.45) is 0 Å². The van der Waals surface area contributed by atoms with Gasteiger partial charge < -0.3 is 9.88 Å².